The van der Waals surface area contributed by atoms with Crippen LogP contribution in [0, 0.1) is 16.7 Å². The Hall–Kier alpha value is -1.63. The second-order valence-corrected chi connectivity index (χ2v) is 7.35. The number of hydrogen-bond donors (Lipinski definition) is 0. The quantitative estimate of drug-likeness (QED) is 0.704. The lowest BCUT2D eigenvalue weighted by Crippen LogP contribution is -2.37. The van der Waals surface area contributed by atoms with E-state index in [2.05, 4.69) is 64.6 Å². The Kier molecular flexibility index (Phi) is 3.02. The van der Waals surface area contributed by atoms with Crippen molar-refractivity contribution in [2.24, 2.45) is 16.7 Å². The van der Waals surface area contributed by atoms with Gasteiger partial charge in [-0.05, 0) is 32.8 Å². The molecule has 21 heavy (non-hydrogen) atoms. The fourth-order valence-corrected chi connectivity index (χ4v) is 4.69. The second-order valence-electron chi connectivity index (χ2n) is 7.35. The predicted octanol–water partition coefficient (Wildman–Crippen LogP) is 4.91. The number of carbonyl (C=O) groups excluding carboxylic acids is 1. The first-order chi connectivity index (χ1) is 9.81. The van der Waals surface area contributed by atoms with E-state index in [1.54, 1.807) is 0 Å². The first kappa shape index (κ1) is 14.3. The van der Waals surface area contributed by atoms with Gasteiger partial charge in [-0.2, -0.15) is 0 Å². The number of fused-ring (bicyclic) bond motifs is 2. The summed E-state index contributed by atoms with van der Waals surface area (Å²) in [7, 11) is 0. The number of hydrogen-bond acceptors (Lipinski definition) is 1. The maximum atomic E-state index is 13.0. The molecule has 0 unspecified atom stereocenters. The summed E-state index contributed by atoms with van der Waals surface area (Å²) in [4.78, 5) is 13.0. The molecule has 0 aromatic heterocycles. The Morgan fingerprint density at radius 2 is 1.86 bits per heavy atom. The Morgan fingerprint density at radius 3 is 2.38 bits per heavy atom. The highest BCUT2D eigenvalue weighted by molar-refractivity contribution is 5.98. The molecule has 2 aliphatic carbocycles. The summed E-state index contributed by atoms with van der Waals surface area (Å²) in [5.74, 6) is 0.675. The number of ketones is 1. The minimum atomic E-state index is -0.421. The van der Waals surface area contributed by atoms with Crippen LogP contribution in [0.25, 0.3) is 0 Å². The average molecular weight is 280 g/mol. The predicted molar refractivity (Wildman–Crippen MR) is 87.1 cm³/mol. The van der Waals surface area contributed by atoms with Gasteiger partial charge in [0.15, 0.2) is 0 Å². The molecule has 1 heteroatoms. The van der Waals surface area contributed by atoms with Gasteiger partial charge >= 0.3 is 0 Å². The van der Waals surface area contributed by atoms with E-state index in [0.29, 0.717) is 5.78 Å². The normalized spacial score (nSPS) is 37.9. The highest BCUT2D eigenvalue weighted by Gasteiger charge is 2.67. The van der Waals surface area contributed by atoms with Crippen LogP contribution in [0.3, 0.4) is 0 Å². The van der Waals surface area contributed by atoms with Crippen molar-refractivity contribution < 1.29 is 4.79 Å². The van der Waals surface area contributed by atoms with Gasteiger partial charge in [0.05, 0.1) is 5.41 Å². The molecule has 0 aliphatic heterocycles. The molecule has 1 aromatic rings. The molecule has 2 bridgehead atoms. The molecule has 0 radical (unpaired) electrons. The van der Waals surface area contributed by atoms with E-state index >= 15 is 0 Å². The number of Topliss-reactive ketones (excluding diaryl/α,β-unsaturated/α-hetero) is 1. The van der Waals surface area contributed by atoms with Gasteiger partial charge in [0.1, 0.15) is 5.78 Å². The fourth-order valence-electron chi connectivity index (χ4n) is 4.69. The standard InChI is InChI=1S/C20H24O/c1-13(2)11-19(4)12-16-17(15-9-7-6-8-10-15)14(3)20(19,5)18(16)21/h6-11,16-17H,3,12H2,1-2,4-5H3/t16-,17-,19+,20+/m1/s1. The number of allylic oxidation sites excluding steroid dienone is 3. The summed E-state index contributed by atoms with van der Waals surface area (Å²) in [5.41, 5.74) is 3.12. The summed E-state index contributed by atoms with van der Waals surface area (Å²) in [6, 6.07) is 10.4. The maximum Gasteiger partial charge on any atom is 0.147 e. The molecule has 0 amide bonds. The van der Waals surface area contributed by atoms with Crippen molar-refractivity contribution in [3.05, 3.63) is 59.7 Å². The van der Waals surface area contributed by atoms with Crippen LogP contribution in [0.1, 0.15) is 45.6 Å². The molecule has 0 saturated heterocycles. The molecule has 1 nitrogen and oxygen atoms in total. The third-order valence-corrected chi connectivity index (χ3v) is 5.80. The van der Waals surface area contributed by atoms with Crippen molar-refractivity contribution in [1.82, 2.24) is 0 Å². The third-order valence-electron chi connectivity index (χ3n) is 5.80. The molecule has 0 heterocycles. The molecule has 0 N–H and O–H groups in total. The molecular weight excluding hydrogens is 256 g/mol. The van der Waals surface area contributed by atoms with E-state index in [1.165, 1.54) is 11.1 Å². The molecule has 2 saturated carbocycles. The smallest absolute Gasteiger partial charge is 0.147 e. The van der Waals surface area contributed by atoms with Crippen molar-refractivity contribution in [1.29, 1.82) is 0 Å². The van der Waals surface area contributed by atoms with Crippen molar-refractivity contribution >= 4 is 5.78 Å². The van der Waals surface area contributed by atoms with Gasteiger partial charge in [0, 0.05) is 17.3 Å². The van der Waals surface area contributed by atoms with Gasteiger partial charge < -0.3 is 0 Å². The number of rotatable bonds is 2. The first-order valence-corrected chi connectivity index (χ1v) is 7.76. The van der Waals surface area contributed by atoms with Gasteiger partial charge in [-0.15, -0.1) is 0 Å². The lowest BCUT2D eigenvalue weighted by molar-refractivity contribution is -0.125. The number of carbonyl (C=O) groups is 1. The molecular formula is C20H24O. The molecule has 4 atom stereocenters. The van der Waals surface area contributed by atoms with Gasteiger partial charge in [0.2, 0.25) is 0 Å². The van der Waals surface area contributed by atoms with Crippen LogP contribution in [0.2, 0.25) is 0 Å². The summed E-state index contributed by atoms with van der Waals surface area (Å²) < 4.78 is 0. The lowest BCUT2D eigenvalue weighted by atomic mass is 9.59. The highest BCUT2D eigenvalue weighted by Crippen LogP contribution is 2.69. The molecule has 110 valence electrons. The zero-order valence-corrected chi connectivity index (χ0v) is 13.4. The van der Waals surface area contributed by atoms with Crippen LogP contribution in [-0.2, 0) is 4.79 Å². The average Bonchev–Trinajstić information content (AvgIpc) is 2.72. The van der Waals surface area contributed by atoms with E-state index < -0.39 is 5.41 Å². The molecule has 0 spiro atoms. The summed E-state index contributed by atoms with van der Waals surface area (Å²) in [6.07, 6.45) is 3.23. The molecule has 1 aromatic carbocycles. The molecule has 3 rings (SSSR count). The van der Waals surface area contributed by atoms with Gasteiger partial charge in [0.25, 0.3) is 0 Å². The van der Waals surface area contributed by atoms with E-state index in [9.17, 15) is 4.79 Å². The monoisotopic (exact) mass is 280 g/mol. The van der Waals surface area contributed by atoms with Crippen molar-refractivity contribution in [2.75, 3.05) is 0 Å². The van der Waals surface area contributed by atoms with Crippen LogP contribution < -0.4 is 0 Å². The van der Waals surface area contributed by atoms with Gasteiger partial charge in [-0.25, -0.2) is 0 Å². The van der Waals surface area contributed by atoms with Crippen LogP contribution in [0.4, 0.5) is 0 Å². The van der Waals surface area contributed by atoms with Gasteiger partial charge in [-0.1, -0.05) is 61.1 Å². The second kappa shape index (κ2) is 4.43. The maximum absolute atomic E-state index is 13.0. The van der Waals surface area contributed by atoms with E-state index in [4.69, 9.17) is 0 Å². The SMILES string of the molecule is C=C1[C@H](c2ccccc2)[C@H]2C[C@](C)(C=C(C)C)[C@]1(C)C2=O. The first-order valence-electron chi connectivity index (χ1n) is 7.76. The summed E-state index contributed by atoms with van der Waals surface area (Å²) in [5, 5.41) is 0. The molecule has 2 aliphatic rings. The minimum Gasteiger partial charge on any atom is -0.298 e. The lowest BCUT2D eigenvalue weighted by Gasteiger charge is -2.43. The zero-order chi connectivity index (χ0) is 15.4. The Bertz CT molecular complexity index is 635. The van der Waals surface area contributed by atoms with Crippen LogP contribution in [0.15, 0.2) is 54.1 Å². The number of benzene rings is 1. The van der Waals surface area contributed by atoms with Crippen molar-refractivity contribution in [2.45, 2.75) is 40.0 Å². The van der Waals surface area contributed by atoms with Gasteiger partial charge in [-0.3, -0.25) is 4.79 Å². The third kappa shape index (κ3) is 1.73. The van der Waals surface area contributed by atoms with E-state index in [0.717, 1.165) is 12.0 Å². The minimum absolute atomic E-state index is 0.0874. The van der Waals surface area contributed by atoms with Crippen molar-refractivity contribution in [3.63, 3.8) is 0 Å². The highest BCUT2D eigenvalue weighted by atomic mass is 16.1. The zero-order valence-electron chi connectivity index (χ0n) is 13.4. The Balaban J connectivity index is 2.09. The van der Waals surface area contributed by atoms with Crippen LogP contribution in [0.5, 0.6) is 0 Å². The molecule has 2 fully saturated rings. The van der Waals surface area contributed by atoms with E-state index in [-0.39, 0.29) is 17.3 Å². The van der Waals surface area contributed by atoms with Crippen molar-refractivity contribution in [3.8, 4) is 0 Å². The summed E-state index contributed by atoms with van der Waals surface area (Å²) in [6.45, 7) is 12.9. The van der Waals surface area contributed by atoms with E-state index in [1.807, 2.05) is 6.07 Å². The summed E-state index contributed by atoms with van der Waals surface area (Å²) >= 11 is 0. The fraction of sp³-hybridized carbons (Fsp3) is 0.450. The Morgan fingerprint density at radius 1 is 1.24 bits per heavy atom. The Labute approximate surface area is 127 Å². The van der Waals surface area contributed by atoms with Crippen LogP contribution in [-0.4, -0.2) is 5.78 Å². The topological polar surface area (TPSA) is 17.1 Å². The van der Waals surface area contributed by atoms with Crippen LogP contribution >= 0.6 is 0 Å². The largest absolute Gasteiger partial charge is 0.298 e.